The van der Waals surface area contributed by atoms with E-state index in [2.05, 4.69) is 29.1 Å². The third kappa shape index (κ3) is 1.76. The van der Waals surface area contributed by atoms with Gasteiger partial charge in [0.1, 0.15) is 6.17 Å². The van der Waals surface area contributed by atoms with Crippen molar-refractivity contribution in [2.24, 2.45) is 5.41 Å². The largest absolute Gasteiger partial charge is 0.321 e. The van der Waals surface area contributed by atoms with Crippen molar-refractivity contribution < 1.29 is 4.79 Å². The second-order valence-corrected chi connectivity index (χ2v) is 5.95. The van der Waals surface area contributed by atoms with Crippen LogP contribution < -0.4 is 5.32 Å². The van der Waals surface area contributed by atoms with Crippen molar-refractivity contribution in [3.63, 3.8) is 0 Å². The van der Waals surface area contributed by atoms with Crippen LogP contribution in [0.2, 0.25) is 0 Å². The average molecular weight is 236 g/mol. The zero-order chi connectivity index (χ0) is 11.2. The molecule has 1 aromatic heterocycles. The van der Waals surface area contributed by atoms with Gasteiger partial charge >= 0.3 is 0 Å². The smallest absolute Gasteiger partial charge is 0.238 e. The minimum Gasteiger partial charge on any atom is -0.321 e. The Morgan fingerprint density at radius 2 is 2.44 bits per heavy atom. The lowest BCUT2D eigenvalue weighted by Gasteiger charge is -2.26. The highest BCUT2D eigenvalue weighted by molar-refractivity contribution is 7.07. The first kappa shape index (κ1) is 10.3. The Bertz CT molecular complexity index is 397. The van der Waals surface area contributed by atoms with Gasteiger partial charge in [0, 0.05) is 6.54 Å². The number of rotatable bonds is 3. The first-order valence-electron chi connectivity index (χ1n) is 5.73. The average Bonchev–Trinajstić information content (AvgIpc) is 2.70. The topological polar surface area (TPSA) is 32.3 Å². The third-order valence-electron chi connectivity index (χ3n) is 3.59. The van der Waals surface area contributed by atoms with Crippen molar-refractivity contribution in [1.82, 2.24) is 10.2 Å². The standard InChI is InChI=1S/C12H16N2OS/c1-12(3-4-12)8-14-10(15)6-13-11(14)9-2-5-16-7-9/h2,5,7,11,13H,3-4,6,8H2,1H3. The lowest BCUT2D eigenvalue weighted by atomic mass is 10.1. The number of nitrogens with zero attached hydrogens (tertiary/aromatic N) is 1. The molecule has 1 atom stereocenters. The first-order valence-corrected chi connectivity index (χ1v) is 6.67. The summed E-state index contributed by atoms with van der Waals surface area (Å²) in [7, 11) is 0. The first-order chi connectivity index (χ1) is 7.68. The summed E-state index contributed by atoms with van der Waals surface area (Å²) < 4.78 is 0. The number of amides is 1. The van der Waals surface area contributed by atoms with Gasteiger partial charge in [0.15, 0.2) is 0 Å². The highest BCUT2D eigenvalue weighted by Crippen LogP contribution is 2.46. The Morgan fingerprint density at radius 1 is 1.62 bits per heavy atom. The van der Waals surface area contributed by atoms with E-state index in [1.54, 1.807) is 11.3 Å². The summed E-state index contributed by atoms with van der Waals surface area (Å²) in [5.74, 6) is 0.240. The molecule has 1 N–H and O–H groups in total. The molecule has 3 nitrogen and oxygen atoms in total. The molecule has 1 aromatic rings. The summed E-state index contributed by atoms with van der Waals surface area (Å²) in [5.41, 5.74) is 1.61. The fraction of sp³-hybridized carbons (Fsp3) is 0.583. The van der Waals surface area contributed by atoms with Crippen molar-refractivity contribution in [3.8, 4) is 0 Å². The molecule has 1 aliphatic carbocycles. The van der Waals surface area contributed by atoms with Crippen LogP contribution in [0.15, 0.2) is 16.8 Å². The maximum absolute atomic E-state index is 11.9. The number of hydrogen-bond donors (Lipinski definition) is 1. The molecule has 0 radical (unpaired) electrons. The van der Waals surface area contributed by atoms with Crippen LogP contribution in [0.4, 0.5) is 0 Å². The Balaban J connectivity index is 1.80. The molecule has 16 heavy (non-hydrogen) atoms. The van der Waals surface area contributed by atoms with Crippen LogP contribution in [0.25, 0.3) is 0 Å². The molecule has 1 amide bonds. The van der Waals surface area contributed by atoms with Crippen LogP contribution in [0.5, 0.6) is 0 Å². The van der Waals surface area contributed by atoms with Crippen LogP contribution in [0.3, 0.4) is 0 Å². The van der Waals surface area contributed by atoms with Crippen molar-refractivity contribution in [1.29, 1.82) is 0 Å². The molecule has 0 spiro atoms. The minimum absolute atomic E-state index is 0.108. The summed E-state index contributed by atoms with van der Waals surface area (Å²) in [4.78, 5) is 13.9. The van der Waals surface area contributed by atoms with Crippen LogP contribution in [-0.2, 0) is 4.79 Å². The Hall–Kier alpha value is -0.870. The number of thiophene rings is 1. The van der Waals surface area contributed by atoms with Crippen LogP contribution in [0.1, 0.15) is 31.5 Å². The van der Waals surface area contributed by atoms with Gasteiger partial charge in [0.25, 0.3) is 0 Å². The van der Waals surface area contributed by atoms with Crippen molar-refractivity contribution >= 4 is 17.2 Å². The van der Waals surface area contributed by atoms with E-state index in [1.165, 1.54) is 18.4 Å². The molecule has 0 bridgehead atoms. The van der Waals surface area contributed by atoms with Crippen molar-refractivity contribution in [2.75, 3.05) is 13.1 Å². The molecular formula is C12H16N2OS. The second kappa shape index (κ2) is 3.57. The van der Waals surface area contributed by atoms with Gasteiger partial charge in [-0.25, -0.2) is 0 Å². The van der Waals surface area contributed by atoms with Gasteiger partial charge in [0.2, 0.25) is 5.91 Å². The fourth-order valence-corrected chi connectivity index (χ4v) is 2.91. The second-order valence-electron chi connectivity index (χ2n) is 5.17. The zero-order valence-electron chi connectivity index (χ0n) is 9.40. The molecule has 2 aliphatic rings. The molecule has 1 saturated carbocycles. The summed E-state index contributed by atoms with van der Waals surface area (Å²) >= 11 is 1.69. The highest BCUT2D eigenvalue weighted by atomic mass is 32.1. The van der Waals surface area contributed by atoms with Gasteiger partial charge in [-0.3, -0.25) is 10.1 Å². The third-order valence-corrected chi connectivity index (χ3v) is 4.29. The van der Waals surface area contributed by atoms with E-state index < -0.39 is 0 Å². The van der Waals surface area contributed by atoms with E-state index in [9.17, 15) is 4.79 Å². The van der Waals surface area contributed by atoms with Crippen molar-refractivity contribution in [2.45, 2.75) is 25.9 Å². The predicted octanol–water partition coefficient (Wildman–Crippen LogP) is 1.98. The summed E-state index contributed by atoms with van der Waals surface area (Å²) in [6.07, 6.45) is 2.62. The maximum Gasteiger partial charge on any atom is 0.238 e. The van der Waals surface area contributed by atoms with Crippen molar-refractivity contribution in [3.05, 3.63) is 22.4 Å². The molecule has 0 aromatic carbocycles. The molecule has 3 rings (SSSR count). The molecule has 2 heterocycles. The number of carbonyl (C=O) groups is 1. The van der Waals surface area contributed by atoms with Gasteiger partial charge < -0.3 is 4.90 Å². The van der Waals surface area contributed by atoms with E-state index in [4.69, 9.17) is 0 Å². The Morgan fingerprint density at radius 3 is 3.06 bits per heavy atom. The number of hydrogen-bond acceptors (Lipinski definition) is 3. The predicted molar refractivity (Wildman–Crippen MR) is 64.1 cm³/mol. The molecule has 4 heteroatoms. The van der Waals surface area contributed by atoms with E-state index >= 15 is 0 Å². The summed E-state index contributed by atoms with van der Waals surface area (Å²) in [6.45, 7) is 3.65. The van der Waals surface area contributed by atoms with Gasteiger partial charge in [-0.1, -0.05) is 6.92 Å². The Kier molecular flexibility index (Phi) is 2.30. The number of carbonyl (C=O) groups excluding carboxylic acids is 1. The SMILES string of the molecule is CC1(CN2C(=O)CNC2c2ccsc2)CC1. The quantitative estimate of drug-likeness (QED) is 0.870. The summed E-state index contributed by atoms with van der Waals surface area (Å²) in [6, 6.07) is 2.10. The van der Waals surface area contributed by atoms with Crippen LogP contribution in [-0.4, -0.2) is 23.9 Å². The highest BCUT2D eigenvalue weighted by Gasteiger charge is 2.43. The van der Waals surface area contributed by atoms with Gasteiger partial charge in [-0.15, -0.1) is 0 Å². The molecule has 1 aliphatic heterocycles. The molecule has 1 unspecified atom stereocenters. The lowest BCUT2D eigenvalue weighted by Crippen LogP contribution is -2.34. The van der Waals surface area contributed by atoms with Gasteiger partial charge in [0.05, 0.1) is 6.54 Å². The normalized spacial score (nSPS) is 27.4. The van der Waals surface area contributed by atoms with Gasteiger partial charge in [-0.05, 0) is 40.6 Å². The summed E-state index contributed by atoms with van der Waals surface area (Å²) in [5, 5.41) is 7.48. The van der Waals surface area contributed by atoms with E-state index in [0.717, 1.165) is 6.54 Å². The molecular weight excluding hydrogens is 220 g/mol. The maximum atomic E-state index is 11.9. The van der Waals surface area contributed by atoms with Gasteiger partial charge in [-0.2, -0.15) is 11.3 Å². The fourth-order valence-electron chi connectivity index (χ4n) is 2.23. The number of nitrogens with one attached hydrogen (secondary N) is 1. The van der Waals surface area contributed by atoms with E-state index in [-0.39, 0.29) is 12.1 Å². The molecule has 2 fully saturated rings. The van der Waals surface area contributed by atoms with E-state index in [1.807, 2.05) is 4.90 Å². The molecule has 86 valence electrons. The lowest BCUT2D eigenvalue weighted by molar-refractivity contribution is -0.128. The van der Waals surface area contributed by atoms with Crippen LogP contribution in [0, 0.1) is 5.41 Å². The monoisotopic (exact) mass is 236 g/mol. The van der Waals surface area contributed by atoms with E-state index in [0.29, 0.717) is 12.0 Å². The van der Waals surface area contributed by atoms with Crippen LogP contribution >= 0.6 is 11.3 Å². The minimum atomic E-state index is 0.108. The zero-order valence-corrected chi connectivity index (χ0v) is 10.2. The Labute approximate surface area is 99.5 Å². The molecule has 1 saturated heterocycles.